The predicted molar refractivity (Wildman–Crippen MR) is 72.2 cm³/mol. The summed E-state index contributed by atoms with van der Waals surface area (Å²) < 4.78 is 0. The highest BCUT2D eigenvalue weighted by Gasteiger charge is 2.15. The van der Waals surface area contributed by atoms with Crippen molar-refractivity contribution < 1.29 is 4.79 Å². The van der Waals surface area contributed by atoms with Crippen molar-refractivity contribution >= 4 is 40.6 Å². The van der Waals surface area contributed by atoms with E-state index >= 15 is 0 Å². The molecule has 1 amide bonds. The van der Waals surface area contributed by atoms with E-state index in [0.29, 0.717) is 11.5 Å². The number of aromatic nitrogens is 2. The zero-order valence-corrected chi connectivity index (χ0v) is 10.9. The lowest BCUT2D eigenvalue weighted by Gasteiger charge is -2.08. The average molecular weight is 285 g/mol. The molecule has 0 aliphatic heterocycles. The van der Waals surface area contributed by atoms with Gasteiger partial charge in [0.15, 0.2) is 0 Å². The van der Waals surface area contributed by atoms with E-state index in [1.54, 1.807) is 6.20 Å². The minimum Gasteiger partial charge on any atom is -0.399 e. The number of nitrogens with one attached hydrogen (secondary N) is 2. The SMILES string of the molecule is Cc1cn[nH]c1NC(=O)c1cc(N)cc(Cl)c1Cl. The second-order valence-corrected chi connectivity index (χ2v) is 4.53. The number of aryl methyl sites for hydroxylation is 1. The van der Waals surface area contributed by atoms with Crippen molar-refractivity contribution in [1.29, 1.82) is 0 Å². The van der Waals surface area contributed by atoms with Crippen LogP contribution in [0.2, 0.25) is 10.0 Å². The Morgan fingerprint density at radius 2 is 2.17 bits per heavy atom. The number of aromatic amines is 1. The number of rotatable bonds is 2. The molecule has 2 aromatic rings. The van der Waals surface area contributed by atoms with Crippen molar-refractivity contribution in [3.05, 3.63) is 39.5 Å². The van der Waals surface area contributed by atoms with Crippen molar-refractivity contribution in [2.45, 2.75) is 6.92 Å². The molecule has 0 unspecified atom stereocenters. The second-order valence-electron chi connectivity index (χ2n) is 3.75. The third kappa shape index (κ3) is 2.42. The number of nitrogens with zero attached hydrogens (tertiary/aromatic N) is 1. The number of nitrogens with two attached hydrogens (primary N) is 1. The van der Waals surface area contributed by atoms with Gasteiger partial charge >= 0.3 is 0 Å². The number of hydrogen-bond donors (Lipinski definition) is 3. The molecule has 0 aliphatic carbocycles. The summed E-state index contributed by atoms with van der Waals surface area (Å²) in [5, 5.41) is 9.52. The summed E-state index contributed by atoms with van der Waals surface area (Å²) in [6, 6.07) is 2.96. The Hall–Kier alpha value is -1.72. The standard InChI is InChI=1S/C11H10Cl2N4O/c1-5-4-15-17-10(5)16-11(18)7-2-6(14)3-8(12)9(7)13/h2-4H,14H2,1H3,(H2,15,16,17,18). The number of benzene rings is 1. The van der Waals surface area contributed by atoms with Crippen LogP contribution in [0.4, 0.5) is 11.5 Å². The van der Waals surface area contributed by atoms with Gasteiger partial charge in [-0.25, -0.2) is 0 Å². The molecule has 0 saturated heterocycles. The summed E-state index contributed by atoms with van der Waals surface area (Å²) in [4.78, 5) is 12.0. The highest BCUT2D eigenvalue weighted by Crippen LogP contribution is 2.29. The van der Waals surface area contributed by atoms with Gasteiger partial charge in [0.2, 0.25) is 0 Å². The minimum atomic E-state index is -0.401. The molecule has 0 atom stereocenters. The van der Waals surface area contributed by atoms with Crippen LogP contribution in [0.25, 0.3) is 0 Å². The van der Waals surface area contributed by atoms with Crippen LogP contribution in [0.3, 0.4) is 0 Å². The molecule has 2 rings (SSSR count). The highest BCUT2D eigenvalue weighted by atomic mass is 35.5. The number of nitrogen functional groups attached to an aromatic ring is 1. The molecule has 1 aromatic heterocycles. The first kappa shape index (κ1) is 12.7. The first-order valence-electron chi connectivity index (χ1n) is 5.05. The fourth-order valence-corrected chi connectivity index (χ4v) is 1.85. The van der Waals surface area contributed by atoms with Crippen LogP contribution >= 0.6 is 23.2 Å². The Bertz CT molecular complexity index is 609. The van der Waals surface area contributed by atoms with E-state index in [1.165, 1.54) is 12.1 Å². The minimum absolute atomic E-state index is 0.167. The summed E-state index contributed by atoms with van der Waals surface area (Å²) in [7, 11) is 0. The fourth-order valence-electron chi connectivity index (χ4n) is 1.43. The summed E-state index contributed by atoms with van der Waals surface area (Å²) >= 11 is 11.8. The van der Waals surface area contributed by atoms with Gasteiger partial charge in [-0.15, -0.1) is 0 Å². The predicted octanol–water partition coefficient (Wildman–Crippen LogP) is 2.86. The summed E-state index contributed by atoms with van der Waals surface area (Å²) in [6.45, 7) is 1.81. The maximum absolute atomic E-state index is 12.0. The lowest BCUT2D eigenvalue weighted by Crippen LogP contribution is -2.14. The molecular weight excluding hydrogens is 275 g/mol. The molecule has 4 N–H and O–H groups in total. The maximum atomic E-state index is 12.0. The number of amides is 1. The molecule has 0 spiro atoms. The van der Waals surface area contributed by atoms with Crippen LogP contribution in [0.15, 0.2) is 18.3 Å². The van der Waals surface area contributed by atoms with Gasteiger partial charge in [-0.1, -0.05) is 23.2 Å². The van der Waals surface area contributed by atoms with Gasteiger partial charge in [0, 0.05) is 11.3 Å². The molecule has 0 bridgehead atoms. The summed E-state index contributed by atoms with van der Waals surface area (Å²) in [5.74, 6) is 0.108. The van der Waals surface area contributed by atoms with Crippen LogP contribution in [0.1, 0.15) is 15.9 Å². The van der Waals surface area contributed by atoms with Crippen molar-refractivity contribution in [2.75, 3.05) is 11.1 Å². The Kier molecular flexibility index (Phi) is 3.45. The van der Waals surface area contributed by atoms with E-state index in [-0.39, 0.29) is 15.6 Å². The number of hydrogen-bond acceptors (Lipinski definition) is 3. The van der Waals surface area contributed by atoms with Gasteiger partial charge in [0.1, 0.15) is 5.82 Å². The van der Waals surface area contributed by atoms with Crippen LogP contribution in [-0.4, -0.2) is 16.1 Å². The van der Waals surface area contributed by atoms with Crippen molar-refractivity contribution in [2.24, 2.45) is 0 Å². The normalized spacial score (nSPS) is 10.4. The zero-order chi connectivity index (χ0) is 13.3. The van der Waals surface area contributed by atoms with E-state index in [4.69, 9.17) is 28.9 Å². The lowest BCUT2D eigenvalue weighted by molar-refractivity contribution is 0.102. The number of halogens is 2. The van der Waals surface area contributed by atoms with E-state index in [0.717, 1.165) is 5.56 Å². The molecule has 0 fully saturated rings. The molecule has 18 heavy (non-hydrogen) atoms. The van der Waals surface area contributed by atoms with Crippen molar-refractivity contribution in [3.8, 4) is 0 Å². The lowest BCUT2D eigenvalue weighted by atomic mass is 10.2. The van der Waals surface area contributed by atoms with E-state index < -0.39 is 5.91 Å². The third-order valence-corrected chi connectivity index (χ3v) is 3.16. The van der Waals surface area contributed by atoms with E-state index in [1.807, 2.05) is 6.92 Å². The van der Waals surface area contributed by atoms with E-state index in [2.05, 4.69) is 15.5 Å². The first-order chi connectivity index (χ1) is 8.49. The Balaban J connectivity index is 2.32. The van der Waals surface area contributed by atoms with Gasteiger partial charge < -0.3 is 11.1 Å². The van der Waals surface area contributed by atoms with Crippen LogP contribution in [0, 0.1) is 6.92 Å². The smallest absolute Gasteiger partial charge is 0.258 e. The van der Waals surface area contributed by atoms with Gasteiger partial charge in [0.05, 0.1) is 21.8 Å². The number of anilines is 2. The number of H-pyrrole nitrogens is 1. The molecule has 0 aliphatic rings. The monoisotopic (exact) mass is 284 g/mol. The Morgan fingerprint density at radius 3 is 2.78 bits per heavy atom. The summed E-state index contributed by atoms with van der Waals surface area (Å²) in [6.07, 6.45) is 1.60. The van der Waals surface area contributed by atoms with Crippen molar-refractivity contribution in [1.82, 2.24) is 10.2 Å². The molecular formula is C11H10Cl2N4O. The largest absolute Gasteiger partial charge is 0.399 e. The average Bonchev–Trinajstić information content (AvgIpc) is 2.69. The quantitative estimate of drug-likeness (QED) is 0.742. The Labute approximate surface area is 113 Å². The van der Waals surface area contributed by atoms with Crippen LogP contribution in [-0.2, 0) is 0 Å². The van der Waals surface area contributed by atoms with Crippen LogP contribution in [0.5, 0.6) is 0 Å². The molecule has 0 radical (unpaired) electrons. The van der Waals surface area contributed by atoms with Gasteiger partial charge in [0.25, 0.3) is 5.91 Å². The van der Waals surface area contributed by atoms with Crippen LogP contribution < -0.4 is 11.1 Å². The zero-order valence-electron chi connectivity index (χ0n) is 9.42. The van der Waals surface area contributed by atoms with Crippen molar-refractivity contribution in [3.63, 3.8) is 0 Å². The molecule has 7 heteroatoms. The topological polar surface area (TPSA) is 83.8 Å². The van der Waals surface area contributed by atoms with Gasteiger partial charge in [-0.3, -0.25) is 9.89 Å². The first-order valence-corrected chi connectivity index (χ1v) is 5.80. The molecule has 0 saturated carbocycles. The van der Waals surface area contributed by atoms with Gasteiger partial charge in [-0.05, 0) is 19.1 Å². The number of carbonyl (C=O) groups excluding carboxylic acids is 1. The highest BCUT2D eigenvalue weighted by molar-refractivity contribution is 6.44. The number of carbonyl (C=O) groups is 1. The molecule has 1 heterocycles. The maximum Gasteiger partial charge on any atom is 0.258 e. The third-order valence-electron chi connectivity index (χ3n) is 2.36. The molecule has 1 aromatic carbocycles. The fraction of sp³-hybridized carbons (Fsp3) is 0.0909. The molecule has 94 valence electrons. The second kappa shape index (κ2) is 4.88. The Morgan fingerprint density at radius 1 is 1.44 bits per heavy atom. The van der Waals surface area contributed by atoms with E-state index in [9.17, 15) is 4.79 Å². The van der Waals surface area contributed by atoms with Gasteiger partial charge in [-0.2, -0.15) is 5.10 Å². The molecule has 5 nitrogen and oxygen atoms in total. The summed E-state index contributed by atoms with van der Waals surface area (Å²) in [5.41, 5.74) is 7.03.